The molecule has 2 saturated heterocycles. The minimum Gasteiger partial charge on any atom is -0.508 e. The number of halogens is 1. The summed E-state index contributed by atoms with van der Waals surface area (Å²) in [6.45, 7) is 1.95. The summed E-state index contributed by atoms with van der Waals surface area (Å²) < 4.78 is 12.8. The van der Waals surface area contributed by atoms with Crippen LogP contribution in [0.3, 0.4) is 0 Å². The monoisotopic (exact) mass is 809 g/mol. The molecule has 4 amide bonds. The Balaban J connectivity index is 1.36. The number of nitrogens with zero attached hydrogens (tertiary/aromatic N) is 2. The number of ether oxygens (including phenoxy) is 2. The second kappa shape index (κ2) is 12.8. The first-order valence-corrected chi connectivity index (χ1v) is 18.2. The van der Waals surface area contributed by atoms with Gasteiger partial charge in [-0.25, -0.2) is 0 Å². The van der Waals surface area contributed by atoms with Crippen molar-refractivity contribution in [3.8, 4) is 17.2 Å². The van der Waals surface area contributed by atoms with E-state index >= 15 is 4.79 Å². The lowest BCUT2D eigenvalue weighted by Crippen LogP contribution is -2.53. The maximum atomic E-state index is 15.4. The Kier molecular flexibility index (Phi) is 8.36. The molecule has 0 unspecified atom stereocenters. The maximum absolute atomic E-state index is 15.4. The number of hydrogen-bond acceptors (Lipinski definition) is 8. The van der Waals surface area contributed by atoms with Crippen LogP contribution in [0.1, 0.15) is 35.4 Å². The Morgan fingerprint density at radius 3 is 2.12 bits per heavy atom. The molecule has 2 aliphatic carbocycles. The van der Waals surface area contributed by atoms with Gasteiger partial charge in [-0.1, -0.05) is 59.7 Å². The third-order valence-corrected chi connectivity index (χ3v) is 12.0. The average molecular weight is 810 g/mol. The lowest BCUT2D eigenvalue weighted by Gasteiger charge is -2.51. The molecule has 10 nitrogen and oxygen atoms in total. The molecule has 2 N–H and O–H groups in total. The third-order valence-electron chi connectivity index (χ3n) is 11.3. The molecule has 3 fully saturated rings. The first kappa shape index (κ1) is 33.9. The van der Waals surface area contributed by atoms with E-state index in [1.54, 1.807) is 12.1 Å². The molecule has 0 spiro atoms. The molecular formula is C41H36IN3O7. The number of amides is 4. The van der Waals surface area contributed by atoms with Gasteiger partial charge in [0, 0.05) is 27.2 Å². The Morgan fingerprint density at radius 1 is 0.827 bits per heavy atom. The fraction of sp³-hybridized carbons (Fsp3) is 0.268. The van der Waals surface area contributed by atoms with E-state index < -0.39 is 46.8 Å². The van der Waals surface area contributed by atoms with Gasteiger partial charge in [0.05, 0.1) is 48.8 Å². The molecule has 4 aromatic rings. The van der Waals surface area contributed by atoms with Crippen LogP contribution in [0, 0.1) is 34.2 Å². The number of carbonyl (C=O) groups excluding carboxylic acids is 4. The number of carbonyl (C=O) groups is 4. The van der Waals surface area contributed by atoms with Crippen molar-refractivity contribution in [2.45, 2.75) is 31.1 Å². The van der Waals surface area contributed by atoms with Gasteiger partial charge in [0.1, 0.15) is 17.2 Å². The molecule has 2 aliphatic heterocycles. The largest absolute Gasteiger partial charge is 0.508 e. The number of hydrazine groups is 1. The molecule has 4 aromatic carbocycles. The summed E-state index contributed by atoms with van der Waals surface area (Å²) in [6.07, 6.45) is 2.40. The normalized spacial score (nSPS) is 26.5. The number of allylic oxidation sites excluding steroid dienone is 2. The van der Waals surface area contributed by atoms with E-state index in [0.717, 1.165) is 19.7 Å². The van der Waals surface area contributed by atoms with Crippen LogP contribution in [0.4, 0.5) is 11.4 Å². The zero-order valence-corrected chi connectivity index (χ0v) is 30.9. The Labute approximate surface area is 314 Å². The second-order valence-corrected chi connectivity index (χ2v) is 15.1. The van der Waals surface area contributed by atoms with E-state index in [0.29, 0.717) is 22.5 Å². The predicted octanol–water partition coefficient (Wildman–Crippen LogP) is 6.51. The molecule has 11 heteroatoms. The number of aryl methyl sites for hydroxylation is 1. The second-order valence-electron chi connectivity index (χ2n) is 13.8. The van der Waals surface area contributed by atoms with E-state index in [1.807, 2.05) is 79.7 Å². The van der Waals surface area contributed by atoms with E-state index in [2.05, 4.69) is 28.0 Å². The zero-order chi connectivity index (χ0) is 36.5. The van der Waals surface area contributed by atoms with Crippen molar-refractivity contribution in [3.63, 3.8) is 0 Å². The minimum atomic E-state index is -1.52. The number of benzene rings is 4. The number of imide groups is 2. The maximum Gasteiger partial charge on any atom is 0.260 e. The number of fused-ring (bicyclic) bond motifs is 4. The van der Waals surface area contributed by atoms with Gasteiger partial charge in [-0.15, -0.1) is 0 Å². The van der Waals surface area contributed by atoms with Crippen molar-refractivity contribution in [1.82, 2.24) is 5.01 Å². The first-order valence-electron chi connectivity index (χ1n) is 17.2. The number of hydrogen-bond donors (Lipinski definition) is 2. The fourth-order valence-electron chi connectivity index (χ4n) is 9.12. The Hall–Kier alpha value is -5.17. The quantitative estimate of drug-likeness (QED) is 0.123. The number of rotatable bonds is 7. The molecule has 6 atom stereocenters. The van der Waals surface area contributed by atoms with Crippen molar-refractivity contribution in [1.29, 1.82) is 0 Å². The summed E-state index contributed by atoms with van der Waals surface area (Å²) in [5.41, 5.74) is 5.51. The number of phenols is 1. The van der Waals surface area contributed by atoms with Crippen LogP contribution < -0.4 is 19.8 Å². The molecule has 2 heterocycles. The van der Waals surface area contributed by atoms with Gasteiger partial charge in [-0.3, -0.25) is 29.5 Å². The van der Waals surface area contributed by atoms with E-state index in [4.69, 9.17) is 9.47 Å². The predicted molar refractivity (Wildman–Crippen MR) is 202 cm³/mol. The summed E-state index contributed by atoms with van der Waals surface area (Å²) in [4.78, 5) is 60.3. The van der Waals surface area contributed by atoms with Gasteiger partial charge in [0.15, 0.2) is 0 Å². The molecule has 52 heavy (non-hydrogen) atoms. The van der Waals surface area contributed by atoms with Gasteiger partial charge in [0.2, 0.25) is 11.8 Å². The topological polar surface area (TPSA) is 125 Å². The van der Waals surface area contributed by atoms with E-state index in [9.17, 15) is 19.5 Å². The van der Waals surface area contributed by atoms with Gasteiger partial charge < -0.3 is 14.6 Å². The van der Waals surface area contributed by atoms with Crippen molar-refractivity contribution < 1.29 is 33.8 Å². The molecule has 0 radical (unpaired) electrons. The third kappa shape index (κ3) is 4.96. The van der Waals surface area contributed by atoms with Crippen molar-refractivity contribution in [2.24, 2.45) is 23.7 Å². The fourth-order valence-corrected chi connectivity index (χ4v) is 9.47. The standard InChI is InChI=1S/C41H36IN3O7/c1-22-9-13-25(14-10-22)43-45-38(48)31-21-30-28(17-18-29-34(30)39(49)44(37(29)47)26-15-11-24(42)12-16-26)36(35-32(51-2)19-27(46)20-33(35)52-3)41(31,40(45)50)23-7-5-4-6-8-23/h4-17,19-20,29-31,34,36,43,46H,18,21H2,1-3H3/t29-,30+,31-,34-,36+,41+/m0/s1. The van der Waals surface area contributed by atoms with Crippen LogP contribution >= 0.6 is 22.6 Å². The van der Waals surface area contributed by atoms with Crippen LogP contribution in [0.5, 0.6) is 17.2 Å². The number of nitrogens with one attached hydrogen (secondary N) is 1. The summed E-state index contributed by atoms with van der Waals surface area (Å²) in [5.74, 6) is -4.90. The van der Waals surface area contributed by atoms with Crippen molar-refractivity contribution >= 4 is 57.6 Å². The highest BCUT2D eigenvalue weighted by Gasteiger charge is 2.71. The van der Waals surface area contributed by atoms with E-state index in [-0.39, 0.29) is 41.9 Å². The van der Waals surface area contributed by atoms with Crippen LogP contribution in [-0.4, -0.2) is 48.0 Å². The molecule has 264 valence electrons. The highest BCUT2D eigenvalue weighted by Crippen LogP contribution is 2.66. The molecule has 0 aromatic heterocycles. The molecular weight excluding hydrogens is 773 g/mol. The van der Waals surface area contributed by atoms with Gasteiger partial charge in [-0.2, -0.15) is 5.01 Å². The summed E-state index contributed by atoms with van der Waals surface area (Å²) >= 11 is 2.18. The smallest absolute Gasteiger partial charge is 0.260 e. The molecule has 1 saturated carbocycles. The first-order chi connectivity index (χ1) is 25.1. The molecule has 8 rings (SSSR count). The SMILES string of the molecule is COc1cc(O)cc(OC)c1[C@H]1C2=CC[C@@H]3C(=O)N(c4ccc(I)cc4)C(=O)[C@@H]3[C@@H]2C[C@H]2C(=O)N(Nc3ccc(C)cc3)C(=O)[C@@]12c1ccccc1. The van der Waals surface area contributed by atoms with Crippen molar-refractivity contribution in [3.05, 3.63) is 123 Å². The van der Waals surface area contributed by atoms with Crippen LogP contribution in [0.25, 0.3) is 0 Å². The lowest BCUT2D eigenvalue weighted by molar-refractivity contribution is -0.138. The highest BCUT2D eigenvalue weighted by molar-refractivity contribution is 14.1. The summed E-state index contributed by atoms with van der Waals surface area (Å²) in [6, 6.07) is 26.8. The van der Waals surface area contributed by atoms with Crippen LogP contribution in [0.15, 0.2) is 103 Å². The molecule has 4 aliphatic rings. The summed E-state index contributed by atoms with van der Waals surface area (Å²) in [7, 11) is 2.95. The molecule has 0 bridgehead atoms. The Bertz CT molecular complexity index is 2130. The van der Waals surface area contributed by atoms with E-state index in [1.165, 1.54) is 31.3 Å². The highest BCUT2D eigenvalue weighted by atomic mass is 127. The Morgan fingerprint density at radius 2 is 1.48 bits per heavy atom. The van der Waals surface area contributed by atoms with Crippen LogP contribution in [0.2, 0.25) is 0 Å². The van der Waals surface area contributed by atoms with Crippen LogP contribution in [-0.2, 0) is 24.6 Å². The number of anilines is 2. The number of phenolic OH excluding ortho intramolecular Hbond substituents is 1. The lowest BCUT2D eigenvalue weighted by atomic mass is 9.49. The zero-order valence-electron chi connectivity index (χ0n) is 28.7. The van der Waals surface area contributed by atoms with Gasteiger partial charge in [0.25, 0.3) is 11.8 Å². The number of methoxy groups -OCH3 is 2. The minimum absolute atomic E-state index is 0.103. The van der Waals surface area contributed by atoms with Gasteiger partial charge in [-0.05, 0) is 90.2 Å². The van der Waals surface area contributed by atoms with Crippen molar-refractivity contribution in [2.75, 3.05) is 24.5 Å². The number of aromatic hydroxyl groups is 1. The summed E-state index contributed by atoms with van der Waals surface area (Å²) in [5, 5.41) is 11.9. The van der Waals surface area contributed by atoms with Gasteiger partial charge >= 0.3 is 0 Å². The average Bonchev–Trinajstić information content (AvgIpc) is 3.53.